The molecule has 1 aromatic carbocycles. The molecular formula is C19H32N2. The number of hydrogen-bond acceptors (Lipinski definition) is 2. The number of fused-ring (bicyclic) bond motifs is 1. The van der Waals surface area contributed by atoms with Crippen LogP contribution in [0.15, 0.2) is 24.3 Å². The van der Waals surface area contributed by atoms with E-state index in [0.29, 0.717) is 6.04 Å². The van der Waals surface area contributed by atoms with Crippen molar-refractivity contribution in [3.05, 3.63) is 35.4 Å². The lowest BCUT2D eigenvalue weighted by Crippen LogP contribution is -2.59. The molecule has 0 saturated heterocycles. The van der Waals surface area contributed by atoms with Gasteiger partial charge in [0.15, 0.2) is 0 Å². The van der Waals surface area contributed by atoms with Gasteiger partial charge in [-0.05, 0) is 63.4 Å². The Morgan fingerprint density at radius 3 is 2.38 bits per heavy atom. The number of benzene rings is 1. The van der Waals surface area contributed by atoms with Crippen LogP contribution in [-0.4, -0.2) is 37.1 Å². The molecule has 0 saturated carbocycles. The average molecular weight is 288 g/mol. The van der Waals surface area contributed by atoms with Crippen LogP contribution >= 0.6 is 0 Å². The highest BCUT2D eigenvalue weighted by atomic mass is 15.2. The lowest BCUT2D eigenvalue weighted by molar-refractivity contribution is 0.0801. The van der Waals surface area contributed by atoms with Gasteiger partial charge in [0.1, 0.15) is 0 Å². The predicted octanol–water partition coefficient (Wildman–Crippen LogP) is 3.81. The fourth-order valence-corrected chi connectivity index (χ4v) is 4.28. The van der Waals surface area contributed by atoms with E-state index in [4.69, 9.17) is 0 Å². The zero-order valence-corrected chi connectivity index (χ0v) is 14.4. The van der Waals surface area contributed by atoms with Crippen molar-refractivity contribution in [2.24, 2.45) is 0 Å². The van der Waals surface area contributed by atoms with E-state index in [0.717, 1.165) is 12.5 Å². The second kappa shape index (κ2) is 6.93. The lowest BCUT2D eigenvalue weighted by atomic mass is 9.70. The van der Waals surface area contributed by atoms with Crippen LogP contribution in [0.1, 0.15) is 57.1 Å². The summed E-state index contributed by atoms with van der Waals surface area (Å²) >= 11 is 0. The van der Waals surface area contributed by atoms with Crippen LogP contribution in [0.4, 0.5) is 0 Å². The van der Waals surface area contributed by atoms with E-state index in [1.54, 1.807) is 11.1 Å². The van der Waals surface area contributed by atoms with Gasteiger partial charge >= 0.3 is 0 Å². The number of nitrogens with one attached hydrogen (secondary N) is 1. The molecule has 0 fully saturated rings. The van der Waals surface area contributed by atoms with Gasteiger partial charge < -0.3 is 10.2 Å². The van der Waals surface area contributed by atoms with Gasteiger partial charge in [0.05, 0.1) is 0 Å². The Balaban J connectivity index is 2.16. The molecule has 21 heavy (non-hydrogen) atoms. The van der Waals surface area contributed by atoms with Crippen molar-refractivity contribution in [1.29, 1.82) is 0 Å². The van der Waals surface area contributed by atoms with Crippen molar-refractivity contribution < 1.29 is 0 Å². The normalized spacial score (nSPS) is 19.2. The standard InChI is InChI=1S/C19H32N2/c1-6-19(7-2,21(4)5)18(20-8-3)14-16-13-15-11-9-10-12-17(15)16/h9-12,16,18,20H,6-8,13-14H2,1-5H3. The average Bonchev–Trinajstić information content (AvgIpc) is 2.46. The molecule has 0 spiro atoms. The minimum atomic E-state index is 0.264. The van der Waals surface area contributed by atoms with Crippen LogP contribution in [-0.2, 0) is 6.42 Å². The first-order chi connectivity index (χ1) is 10.1. The van der Waals surface area contributed by atoms with Crippen LogP contribution in [0.2, 0.25) is 0 Å². The summed E-state index contributed by atoms with van der Waals surface area (Å²) in [6.07, 6.45) is 4.91. The van der Waals surface area contributed by atoms with E-state index >= 15 is 0 Å². The zero-order chi connectivity index (χ0) is 15.5. The number of nitrogens with zero attached hydrogens (tertiary/aromatic N) is 1. The molecule has 2 nitrogen and oxygen atoms in total. The van der Waals surface area contributed by atoms with Crippen LogP contribution in [0.5, 0.6) is 0 Å². The second-order valence-corrected chi connectivity index (χ2v) is 6.65. The molecule has 0 aromatic heterocycles. The highest BCUT2D eigenvalue weighted by molar-refractivity contribution is 5.40. The zero-order valence-electron chi connectivity index (χ0n) is 14.4. The molecule has 1 N–H and O–H groups in total. The van der Waals surface area contributed by atoms with Crippen molar-refractivity contribution in [3.63, 3.8) is 0 Å². The number of rotatable bonds is 8. The van der Waals surface area contributed by atoms with Gasteiger partial charge in [-0.15, -0.1) is 0 Å². The quantitative estimate of drug-likeness (QED) is 0.782. The molecule has 0 amide bonds. The van der Waals surface area contributed by atoms with E-state index in [-0.39, 0.29) is 5.54 Å². The lowest BCUT2D eigenvalue weighted by Gasteiger charge is -2.48. The van der Waals surface area contributed by atoms with Crippen LogP contribution in [0, 0.1) is 0 Å². The molecule has 2 atom stereocenters. The first-order valence-electron chi connectivity index (χ1n) is 8.57. The molecule has 1 aromatic rings. The fourth-order valence-electron chi connectivity index (χ4n) is 4.28. The molecule has 2 unspecified atom stereocenters. The topological polar surface area (TPSA) is 15.3 Å². The SMILES string of the molecule is CCNC(CC1Cc2ccccc21)C(CC)(CC)N(C)C. The molecule has 2 heteroatoms. The number of hydrogen-bond donors (Lipinski definition) is 1. The maximum Gasteiger partial charge on any atom is 0.0351 e. The second-order valence-electron chi connectivity index (χ2n) is 6.65. The van der Waals surface area contributed by atoms with Crippen molar-refractivity contribution in [3.8, 4) is 0 Å². The van der Waals surface area contributed by atoms with Crippen molar-refractivity contribution >= 4 is 0 Å². The molecular weight excluding hydrogens is 256 g/mol. The Bertz CT molecular complexity index is 449. The Labute approximate surface area is 130 Å². The summed E-state index contributed by atoms with van der Waals surface area (Å²) in [5, 5.41) is 3.79. The molecule has 0 bridgehead atoms. The van der Waals surface area contributed by atoms with Crippen LogP contribution < -0.4 is 5.32 Å². The summed E-state index contributed by atoms with van der Waals surface area (Å²) < 4.78 is 0. The first-order valence-corrected chi connectivity index (χ1v) is 8.57. The van der Waals surface area contributed by atoms with E-state index in [9.17, 15) is 0 Å². The molecule has 1 aliphatic rings. The molecule has 2 rings (SSSR count). The molecule has 0 heterocycles. The summed E-state index contributed by atoms with van der Waals surface area (Å²) in [6, 6.07) is 9.52. The van der Waals surface area contributed by atoms with Crippen LogP contribution in [0.25, 0.3) is 0 Å². The summed E-state index contributed by atoms with van der Waals surface area (Å²) in [4.78, 5) is 2.45. The van der Waals surface area contributed by atoms with Gasteiger partial charge in [0.25, 0.3) is 0 Å². The Hall–Kier alpha value is -0.860. The van der Waals surface area contributed by atoms with Gasteiger partial charge in [-0.2, -0.15) is 0 Å². The van der Waals surface area contributed by atoms with E-state index in [1.807, 2.05) is 0 Å². The summed E-state index contributed by atoms with van der Waals surface area (Å²) in [6.45, 7) is 7.95. The smallest absolute Gasteiger partial charge is 0.0351 e. The Kier molecular flexibility index (Phi) is 5.45. The third-order valence-electron chi connectivity index (χ3n) is 5.70. The Morgan fingerprint density at radius 2 is 1.86 bits per heavy atom. The van der Waals surface area contributed by atoms with Gasteiger partial charge in [0, 0.05) is 11.6 Å². The maximum absolute atomic E-state index is 3.79. The predicted molar refractivity (Wildman–Crippen MR) is 92.0 cm³/mol. The minimum absolute atomic E-state index is 0.264. The minimum Gasteiger partial charge on any atom is -0.312 e. The summed E-state index contributed by atoms with van der Waals surface area (Å²) in [7, 11) is 4.48. The maximum atomic E-state index is 3.79. The van der Waals surface area contributed by atoms with Gasteiger partial charge in [0.2, 0.25) is 0 Å². The molecule has 118 valence electrons. The van der Waals surface area contributed by atoms with Crippen LogP contribution in [0.3, 0.4) is 0 Å². The van der Waals surface area contributed by atoms with E-state index in [1.165, 1.54) is 25.7 Å². The van der Waals surface area contributed by atoms with Gasteiger partial charge in [-0.3, -0.25) is 0 Å². The Morgan fingerprint density at radius 1 is 1.19 bits per heavy atom. The number of likely N-dealkylation sites (N-methyl/N-ethyl adjacent to an activating group) is 2. The monoisotopic (exact) mass is 288 g/mol. The molecule has 1 aliphatic carbocycles. The summed E-state index contributed by atoms with van der Waals surface area (Å²) in [5.41, 5.74) is 3.40. The van der Waals surface area contributed by atoms with Gasteiger partial charge in [-0.25, -0.2) is 0 Å². The van der Waals surface area contributed by atoms with E-state index < -0.39 is 0 Å². The van der Waals surface area contributed by atoms with E-state index in [2.05, 4.69) is 69.3 Å². The largest absolute Gasteiger partial charge is 0.312 e. The molecule has 0 radical (unpaired) electrons. The highest BCUT2D eigenvalue weighted by Crippen LogP contribution is 2.41. The third-order valence-corrected chi connectivity index (χ3v) is 5.70. The highest BCUT2D eigenvalue weighted by Gasteiger charge is 2.40. The summed E-state index contributed by atoms with van der Waals surface area (Å²) in [5.74, 6) is 0.739. The van der Waals surface area contributed by atoms with Gasteiger partial charge in [-0.1, -0.05) is 45.0 Å². The first kappa shape index (κ1) is 16.5. The molecule has 0 aliphatic heterocycles. The van der Waals surface area contributed by atoms with Crippen molar-refractivity contribution in [2.75, 3.05) is 20.6 Å². The van der Waals surface area contributed by atoms with Crippen molar-refractivity contribution in [2.45, 2.75) is 64.0 Å². The van der Waals surface area contributed by atoms with Crippen molar-refractivity contribution in [1.82, 2.24) is 10.2 Å². The fraction of sp³-hybridized carbons (Fsp3) is 0.684. The third kappa shape index (κ3) is 3.02.